The predicted octanol–water partition coefficient (Wildman–Crippen LogP) is 2.07. The first-order valence-corrected chi connectivity index (χ1v) is 4.70. The maximum Gasteiger partial charge on any atom is 0.198 e. The number of para-hydroxylation sites is 1. The lowest BCUT2D eigenvalue weighted by atomic mass is 10.2. The molecule has 0 aliphatic heterocycles. The Morgan fingerprint density at radius 2 is 2.13 bits per heavy atom. The smallest absolute Gasteiger partial charge is 0.198 e. The van der Waals surface area contributed by atoms with Crippen LogP contribution in [0, 0.1) is 0 Å². The molecule has 0 radical (unpaired) electrons. The number of nitrogens with zero attached hydrogens (tertiary/aromatic N) is 2. The Morgan fingerprint density at radius 3 is 2.80 bits per heavy atom. The number of carbonyl (C=O) groups excluding carboxylic acids is 1. The Kier molecular flexibility index (Phi) is 2.28. The minimum atomic E-state index is -0.233. The number of ketones is 1. The molecule has 1 heterocycles. The second kappa shape index (κ2) is 3.47. The van der Waals surface area contributed by atoms with Crippen LogP contribution < -0.4 is 5.73 Å². The monoisotopic (exact) mass is 221 g/mol. The van der Waals surface area contributed by atoms with Crippen LogP contribution in [0.2, 0.25) is 5.02 Å². The Morgan fingerprint density at radius 1 is 1.40 bits per heavy atom. The van der Waals surface area contributed by atoms with Gasteiger partial charge in [0.25, 0.3) is 0 Å². The second-order valence-corrected chi connectivity index (χ2v) is 3.53. The zero-order valence-corrected chi connectivity index (χ0v) is 8.75. The Balaban J connectivity index is 2.85. The molecule has 0 fully saturated rings. The molecule has 0 saturated heterocycles. The number of anilines is 1. The zero-order valence-electron chi connectivity index (χ0n) is 7.99. The van der Waals surface area contributed by atoms with Crippen LogP contribution in [0.25, 0.3) is 10.9 Å². The van der Waals surface area contributed by atoms with E-state index in [0.717, 1.165) is 0 Å². The summed E-state index contributed by atoms with van der Waals surface area (Å²) in [6.45, 7) is 1.39. The van der Waals surface area contributed by atoms with E-state index in [0.29, 0.717) is 15.9 Å². The van der Waals surface area contributed by atoms with Crippen molar-refractivity contribution < 1.29 is 4.79 Å². The van der Waals surface area contributed by atoms with Crippen LogP contribution >= 0.6 is 11.6 Å². The van der Waals surface area contributed by atoms with Gasteiger partial charge in [0, 0.05) is 12.3 Å². The minimum Gasteiger partial charge on any atom is -0.383 e. The van der Waals surface area contributed by atoms with E-state index in [9.17, 15) is 4.79 Å². The molecule has 0 bridgehead atoms. The van der Waals surface area contributed by atoms with Gasteiger partial charge in [-0.2, -0.15) is 0 Å². The molecule has 0 unspecified atom stereocenters. The van der Waals surface area contributed by atoms with E-state index in [4.69, 9.17) is 17.3 Å². The summed E-state index contributed by atoms with van der Waals surface area (Å²) in [5, 5.41) is 1.12. The van der Waals surface area contributed by atoms with Gasteiger partial charge in [0.15, 0.2) is 11.6 Å². The normalized spacial score (nSPS) is 10.5. The molecule has 0 amide bonds. The summed E-state index contributed by atoms with van der Waals surface area (Å²) >= 11 is 5.95. The number of Topliss-reactive ketones (excluding diaryl/α,β-unsaturated/α-hetero) is 1. The zero-order chi connectivity index (χ0) is 11.0. The number of hydrogen-bond acceptors (Lipinski definition) is 4. The molecular weight excluding hydrogens is 214 g/mol. The van der Waals surface area contributed by atoms with E-state index in [-0.39, 0.29) is 17.4 Å². The fourth-order valence-electron chi connectivity index (χ4n) is 1.30. The first kappa shape index (κ1) is 9.86. The molecule has 0 atom stereocenters. The van der Waals surface area contributed by atoms with Crippen LogP contribution in [0.5, 0.6) is 0 Å². The highest BCUT2D eigenvalue weighted by molar-refractivity contribution is 6.35. The van der Waals surface area contributed by atoms with E-state index in [1.807, 2.05) is 0 Å². The van der Waals surface area contributed by atoms with Crippen molar-refractivity contribution in [3.05, 3.63) is 29.0 Å². The Hall–Kier alpha value is -1.68. The number of carbonyl (C=O) groups is 1. The molecule has 2 N–H and O–H groups in total. The van der Waals surface area contributed by atoms with E-state index in [2.05, 4.69) is 9.97 Å². The van der Waals surface area contributed by atoms with E-state index in [1.165, 1.54) is 6.92 Å². The highest BCUT2D eigenvalue weighted by Crippen LogP contribution is 2.24. The number of hydrogen-bond donors (Lipinski definition) is 1. The summed E-state index contributed by atoms with van der Waals surface area (Å²) in [6.07, 6.45) is 0. The third-order valence-electron chi connectivity index (χ3n) is 2.02. The van der Waals surface area contributed by atoms with Gasteiger partial charge in [-0.1, -0.05) is 17.7 Å². The maximum absolute atomic E-state index is 11.1. The molecule has 0 aliphatic carbocycles. The van der Waals surface area contributed by atoms with Crippen molar-refractivity contribution in [1.82, 2.24) is 9.97 Å². The lowest BCUT2D eigenvalue weighted by Gasteiger charge is -2.03. The molecule has 0 aliphatic rings. The first-order valence-electron chi connectivity index (χ1n) is 4.32. The van der Waals surface area contributed by atoms with Gasteiger partial charge in [0.2, 0.25) is 0 Å². The van der Waals surface area contributed by atoms with Gasteiger partial charge in [-0.25, -0.2) is 9.97 Å². The van der Waals surface area contributed by atoms with Crippen molar-refractivity contribution in [2.75, 3.05) is 5.73 Å². The van der Waals surface area contributed by atoms with Crippen molar-refractivity contribution in [3.63, 3.8) is 0 Å². The summed E-state index contributed by atoms with van der Waals surface area (Å²) in [5.41, 5.74) is 6.21. The van der Waals surface area contributed by atoms with Crippen molar-refractivity contribution in [1.29, 1.82) is 0 Å². The average Bonchev–Trinajstić information content (AvgIpc) is 2.19. The summed E-state index contributed by atoms with van der Waals surface area (Å²) in [7, 11) is 0. The standard InChI is InChI=1S/C10H8ClN3O/c1-5(15)10-13-8-6(9(12)14-10)3-2-4-7(8)11/h2-4H,1H3,(H2,12,13,14). The van der Waals surface area contributed by atoms with Crippen LogP contribution in [0.15, 0.2) is 18.2 Å². The lowest BCUT2D eigenvalue weighted by Crippen LogP contribution is -2.05. The lowest BCUT2D eigenvalue weighted by molar-refractivity contribution is 0.100. The van der Waals surface area contributed by atoms with E-state index < -0.39 is 0 Å². The Labute approximate surface area is 91.1 Å². The first-order chi connectivity index (χ1) is 7.09. The van der Waals surface area contributed by atoms with Crippen molar-refractivity contribution in [2.24, 2.45) is 0 Å². The van der Waals surface area contributed by atoms with Crippen LogP contribution in [-0.4, -0.2) is 15.8 Å². The number of nitrogens with two attached hydrogens (primary N) is 1. The van der Waals surface area contributed by atoms with E-state index in [1.54, 1.807) is 18.2 Å². The molecule has 2 rings (SSSR count). The largest absolute Gasteiger partial charge is 0.383 e. The van der Waals surface area contributed by atoms with Crippen LogP contribution in [0.4, 0.5) is 5.82 Å². The molecular formula is C10H8ClN3O. The maximum atomic E-state index is 11.1. The second-order valence-electron chi connectivity index (χ2n) is 3.12. The van der Waals surface area contributed by atoms with Gasteiger partial charge in [-0.05, 0) is 12.1 Å². The third kappa shape index (κ3) is 1.64. The summed E-state index contributed by atoms with van der Waals surface area (Å²) < 4.78 is 0. The van der Waals surface area contributed by atoms with Gasteiger partial charge < -0.3 is 5.73 Å². The molecule has 15 heavy (non-hydrogen) atoms. The number of benzene rings is 1. The molecule has 5 heteroatoms. The highest BCUT2D eigenvalue weighted by Gasteiger charge is 2.10. The number of fused-ring (bicyclic) bond motifs is 1. The molecule has 0 spiro atoms. The van der Waals surface area contributed by atoms with Gasteiger partial charge >= 0.3 is 0 Å². The minimum absolute atomic E-state index is 0.0908. The van der Waals surface area contributed by atoms with Gasteiger partial charge in [0.1, 0.15) is 5.82 Å². The molecule has 1 aromatic heterocycles. The highest BCUT2D eigenvalue weighted by atomic mass is 35.5. The quantitative estimate of drug-likeness (QED) is 0.749. The molecule has 4 nitrogen and oxygen atoms in total. The topological polar surface area (TPSA) is 68.9 Å². The fourth-order valence-corrected chi connectivity index (χ4v) is 1.52. The van der Waals surface area contributed by atoms with Crippen LogP contribution in [0.1, 0.15) is 17.5 Å². The van der Waals surface area contributed by atoms with Crippen LogP contribution in [-0.2, 0) is 0 Å². The molecule has 1 aromatic carbocycles. The van der Waals surface area contributed by atoms with Crippen molar-refractivity contribution in [2.45, 2.75) is 6.92 Å². The number of rotatable bonds is 1. The molecule has 0 saturated carbocycles. The third-order valence-corrected chi connectivity index (χ3v) is 2.33. The summed E-state index contributed by atoms with van der Waals surface area (Å²) in [6, 6.07) is 5.22. The van der Waals surface area contributed by atoms with Gasteiger partial charge in [-0.3, -0.25) is 4.79 Å². The average molecular weight is 222 g/mol. The van der Waals surface area contributed by atoms with Crippen molar-refractivity contribution >= 4 is 34.1 Å². The van der Waals surface area contributed by atoms with Crippen LogP contribution in [0.3, 0.4) is 0 Å². The number of halogens is 1. The number of aromatic nitrogens is 2. The molecule has 2 aromatic rings. The number of nitrogen functional groups attached to an aromatic ring is 1. The van der Waals surface area contributed by atoms with Gasteiger partial charge in [-0.15, -0.1) is 0 Å². The predicted molar refractivity (Wildman–Crippen MR) is 59.0 cm³/mol. The van der Waals surface area contributed by atoms with Crippen molar-refractivity contribution in [3.8, 4) is 0 Å². The SMILES string of the molecule is CC(=O)c1nc(N)c2cccc(Cl)c2n1. The summed E-state index contributed by atoms with van der Waals surface area (Å²) in [5.74, 6) is 0.129. The van der Waals surface area contributed by atoms with Gasteiger partial charge in [0.05, 0.1) is 10.5 Å². The van der Waals surface area contributed by atoms with E-state index >= 15 is 0 Å². The summed E-state index contributed by atoms with van der Waals surface area (Å²) in [4.78, 5) is 19.1. The fraction of sp³-hybridized carbons (Fsp3) is 0.100. The Bertz CT molecular complexity index is 554. The molecule has 76 valence electrons.